The van der Waals surface area contributed by atoms with E-state index < -0.39 is 36.3 Å². The van der Waals surface area contributed by atoms with Gasteiger partial charge in [0.15, 0.2) is 6.61 Å². The zero-order valence-electron chi connectivity index (χ0n) is 16.5. The van der Waals surface area contributed by atoms with E-state index in [-0.39, 0.29) is 18.6 Å². The number of hydrogen-bond acceptors (Lipinski definition) is 6. The number of aromatic nitrogens is 4. The maximum atomic E-state index is 12.9. The molecule has 0 unspecified atom stereocenters. The summed E-state index contributed by atoms with van der Waals surface area (Å²) in [6, 6.07) is 5.06. The molecule has 0 aliphatic carbocycles. The lowest BCUT2D eigenvalue weighted by atomic mass is 10.1. The van der Waals surface area contributed by atoms with Crippen molar-refractivity contribution in [1.82, 2.24) is 19.6 Å². The Balaban J connectivity index is 1.59. The van der Waals surface area contributed by atoms with Crippen molar-refractivity contribution in [2.75, 3.05) is 11.9 Å². The molecule has 31 heavy (non-hydrogen) atoms. The molecule has 3 aromatic rings. The molecule has 164 valence electrons. The van der Waals surface area contributed by atoms with Crippen molar-refractivity contribution >= 4 is 23.3 Å². The Labute approximate surface area is 173 Å². The predicted octanol–water partition coefficient (Wildman–Crippen LogP) is 3.01. The molecule has 2 heterocycles. The summed E-state index contributed by atoms with van der Waals surface area (Å²) in [6.45, 7) is 2.60. The number of amides is 1. The van der Waals surface area contributed by atoms with E-state index in [1.165, 1.54) is 24.3 Å². The van der Waals surface area contributed by atoms with E-state index in [2.05, 4.69) is 20.4 Å². The quantitative estimate of drug-likeness (QED) is 0.468. The van der Waals surface area contributed by atoms with Crippen molar-refractivity contribution in [3.8, 4) is 0 Å². The Morgan fingerprint density at radius 2 is 1.81 bits per heavy atom. The van der Waals surface area contributed by atoms with Gasteiger partial charge < -0.3 is 10.1 Å². The molecule has 0 aliphatic heterocycles. The summed E-state index contributed by atoms with van der Waals surface area (Å²) in [5.41, 5.74) is 1.65. The second-order valence-electron chi connectivity index (χ2n) is 6.62. The molecule has 0 atom stereocenters. The van der Waals surface area contributed by atoms with Crippen LogP contribution < -0.4 is 5.32 Å². The van der Waals surface area contributed by atoms with Crippen molar-refractivity contribution in [3.05, 3.63) is 52.9 Å². The van der Waals surface area contributed by atoms with Gasteiger partial charge in [0.05, 0.1) is 0 Å². The molecular formula is C19H17F4N5O3. The first-order valence-electron chi connectivity index (χ1n) is 9.05. The van der Waals surface area contributed by atoms with E-state index >= 15 is 0 Å². The van der Waals surface area contributed by atoms with Crippen LogP contribution in [0.25, 0.3) is 5.78 Å². The minimum absolute atomic E-state index is 0.125. The SMILES string of the molecule is Cc1nc2nc(C(F)(F)F)nn2c(C)c1CCC(=O)OCC(=O)Nc1ccc(F)cc1. The van der Waals surface area contributed by atoms with Crippen LogP contribution in [-0.2, 0) is 26.9 Å². The van der Waals surface area contributed by atoms with Crippen LogP contribution in [-0.4, -0.2) is 38.1 Å². The summed E-state index contributed by atoms with van der Waals surface area (Å²) in [5.74, 6) is -3.22. The number of esters is 1. The number of anilines is 1. The Bertz CT molecular complexity index is 1130. The summed E-state index contributed by atoms with van der Waals surface area (Å²) < 4.78 is 57.3. The van der Waals surface area contributed by atoms with E-state index in [4.69, 9.17) is 4.74 Å². The van der Waals surface area contributed by atoms with Gasteiger partial charge >= 0.3 is 12.1 Å². The van der Waals surface area contributed by atoms with Crippen LogP contribution in [0, 0.1) is 19.7 Å². The fourth-order valence-corrected chi connectivity index (χ4v) is 2.87. The highest BCUT2D eigenvalue weighted by Crippen LogP contribution is 2.27. The maximum Gasteiger partial charge on any atom is 0.453 e. The molecule has 0 radical (unpaired) electrons. The van der Waals surface area contributed by atoms with Crippen LogP contribution in [0.4, 0.5) is 23.2 Å². The number of halogens is 4. The normalized spacial score (nSPS) is 11.5. The molecule has 0 saturated carbocycles. The van der Waals surface area contributed by atoms with Gasteiger partial charge in [0, 0.05) is 23.5 Å². The molecule has 0 aliphatic rings. The number of benzene rings is 1. The summed E-state index contributed by atoms with van der Waals surface area (Å²) in [5, 5.41) is 5.89. The molecule has 3 rings (SSSR count). The predicted molar refractivity (Wildman–Crippen MR) is 99.6 cm³/mol. The van der Waals surface area contributed by atoms with E-state index in [0.29, 0.717) is 22.6 Å². The number of rotatable bonds is 6. The van der Waals surface area contributed by atoms with E-state index in [0.717, 1.165) is 4.52 Å². The van der Waals surface area contributed by atoms with Crippen molar-refractivity contribution in [3.63, 3.8) is 0 Å². The van der Waals surface area contributed by atoms with Gasteiger partial charge in [-0.05, 0) is 50.1 Å². The average molecular weight is 439 g/mol. The van der Waals surface area contributed by atoms with Gasteiger partial charge in [-0.15, -0.1) is 5.10 Å². The number of carbonyl (C=O) groups is 2. The third kappa shape index (κ3) is 5.32. The Morgan fingerprint density at radius 3 is 2.45 bits per heavy atom. The van der Waals surface area contributed by atoms with Crippen molar-refractivity contribution in [2.45, 2.75) is 32.9 Å². The first-order chi connectivity index (χ1) is 14.5. The third-order valence-electron chi connectivity index (χ3n) is 4.37. The second-order valence-corrected chi connectivity index (χ2v) is 6.62. The molecular weight excluding hydrogens is 422 g/mol. The van der Waals surface area contributed by atoms with Crippen molar-refractivity contribution in [2.24, 2.45) is 0 Å². The largest absolute Gasteiger partial charge is 0.456 e. The summed E-state index contributed by atoms with van der Waals surface area (Å²) in [6.07, 6.45) is -4.70. The van der Waals surface area contributed by atoms with Crippen LogP contribution in [0.3, 0.4) is 0 Å². The van der Waals surface area contributed by atoms with Gasteiger partial charge in [0.1, 0.15) is 5.82 Å². The van der Waals surface area contributed by atoms with Crippen LogP contribution in [0.2, 0.25) is 0 Å². The highest BCUT2D eigenvalue weighted by molar-refractivity contribution is 5.92. The average Bonchev–Trinajstić information content (AvgIpc) is 3.13. The molecule has 0 spiro atoms. The minimum Gasteiger partial charge on any atom is -0.456 e. The van der Waals surface area contributed by atoms with E-state index in [1.54, 1.807) is 13.8 Å². The first-order valence-corrected chi connectivity index (χ1v) is 9.05. The van der Waals surface area contributed by atoms with Crippen LogP contribution in [0.5, 0.6) is 0 Å². The topological polar surface area (TPSA) is 98.5 Å². The first kappa shape index (κ1) is 22.1. The second kappa shape index (κ2) is 8.66. The molecule has 1 aromatic carbocycles. The monoisotopic (exact) mass is 439 g/mol. The minimum atomic E-state index is -4.70. The van der Waals surface area contributed by atoms with Gasteiger partial charge in [0.2, 0.25) is 0 Å². The van der Waals surface area contributed by atoms with Gasteiger partial charge in [-0.2, -0.15) is 18.2 Å². The number of carbonyl (C=O) groups excluding carboxylic acids is 2. The molecule has 1 amide bonds. The zero-order chi connectivity index (χ0) is 22.8. The number of ether oxygens (including phenoxy) is 1. The van der Waals surface area contributed by atoms with Crippen molar-refractivity contribution in [1.29, 1.82) is 0 Å². The van der Waals surface area contributed by atoms with Crippen LogP contribution in [0.1, 0.15) is 29.2 Å². The summed E-state index contributed by atoms with van der Waals surface area (Å²) in [7, 11) is 0. The molecule has 0 bridgehead atoms. The number of nitrogens with one attached hydrogen (secondary N) is 1. The molecule has 12 heteroatoms. The van der Waals surface area contributed by atoms with E-state index in [9.17, 15) is 27.2 Å². The fourth-order valence-electron chi connectivity index (χ4n) is 2.87. The third-order valence-corrected chi connectivity index (χ3v) is 4.37. The molecule has 2 aromatic heterocycles. The number of fused-ring (bicyclic) bond motifs is 1. The molecule has 0 fully saturated rings. The van der Waals surface area contributed by atoms with Gasteiger partial charge in [0.25, 0.3) is 17.5 Å². The highest BCUT2D eigenvalue weighted by atomic mass is 19.4. The smallest absolute Gasteiger partial charge is 0.453 e. The van der Waals surface area contributed by atoms with Crippen LogP contribution >= 0.6 is 0 Å². The number of aryl methyl sites for hydroxylation is 2. The lowest BCUT2D eigenvalue weighted by Gasteiger charge is -2.10. The highest BCUT2D eigenvalue weighted by Gasteiger charge is 2.37. The Hall–Kier alpha value is -3.57. The van der Waals surface area contributed by atoms with Gasteiger partial charge in [-0.3, -0.25) is 9.59 Å². The molecule has 8 nitrogen and oxygen atoms in total. The number of hydrogen-bond donors (Lipinski definition) is 1. The number of alkyl halides is 3. The lowest BCUT2D eigenvalue weighted by molar-refractivity contribution is -0.147. The maximum absolute atomic E-state index is 12.9. The zero-order valence-corrected chi connectivity index (χ0v) is 16.5. The molecule has 1 N–H and O–H groups in total. The summed E-state index contributed by atoms with van der Waals surface area (Å²) >= 11 is 0. The van der Waals surface area contributed by atoms with Crippen LogP contribution in [0.15, 0.2) is 24.3 Å². The Kier molecular flexibility index (Phi) is 6.18. The van der Waals surface area contributed by atoms with Crippen molar-refractivity contribution < 1.29 is 31.9 Å². The Morgan fingerprint density at radius 1 is 1.13 bits per heavy atom. The van der Waals surface area contributed by atoms with E-state index in [1.807, 2.05) is 0 Å². The fraction of sp³-hybridized carbons (Fsp3) is 0.316. The molecule has 0 saturated heterocycles. The van der Waals surface area contributed by atoms with Gasteiger partial charge in [-0.25, -0.2) is 13.9 Å². The standard InChI is InChI=1S/C19H17F4N5O3/c1-10-14(11(2)28-18(24-10)26-17(27-28)19(21,22)23)7-8-16(30)31-9-15(29)25-13-5-3-12(20)4-6-13/h3-6H,7-9H2,1-2H3,(H,25,29). The van der Waals surface area contributed by atoms with Gasteiger partial charge in [-0.1, -0.05) is 0 Å². The number of nitrogens with zero attached hydrogens (tertiary/aromatic N) is 4. The summed E-state index contributed by atoms with van der Waals surface area (Å²) in [4.78, 5) is 31.2. The lowest BCUT2D eigenvalue weighted by Crippen LogP contribution is -2.21.